The van der Waals surface area contributed by atoms with E-state index < -0.39 is 8.80 Å². The van der Waals surface area contributed by atoms with Crippen LogP contribution in [0.5, 0.6) is 0 Å². The van der Waals surface area contributed by atoms with Crippen molar-refractivity contribution in [1.29, 1.82) is 0 Å². The van der Waals surface area contributed by atoms with Gasteiger partial charge in [0.25, 0.3) is 0 Å². The molecule has 0 aromatic rings. The zero-order chi connectivity index (χ0) is 9.57. The number of rotatable bonds is 5. The topological polar surface area (TPSA) is 47.9 Å². The highest BCUT2D eigenvalue weighted by Gasteiger charge is 2.41. The van der Waals surface area contributed by atoms with Gasteiger partial charge in [-0.1, -0.05) is 0 Å². The van der Waals surface area contributed by atoms with Crippen LogP contribution in [0.3, 0.4) is 0 Å². The molecule has 0 unspecified atom stereocenters. The minimum Gasteiger partial charge on any atom is -0.396 e. The Kier molecular flexibility index (Phi) is 5.30. The van der Waals surface area contributed by atoms with Crippen LogP contribution in [0.15, 0.2) is 0 Å². The highest BCUT2D eigenvalue weighted by molar-refractivity contribution is 7.82. The predicted octanol–water partition coefficient (Wildman–Crippen LogP) is 0.230. The summed E-state index contributed by atoms with van der Waals surface area (Å²) >= 11 is 4.18. The van der Waals surface area contributed by atoms with Crippen molar-refractivity contribution in [2.45, 2.75) is 12.8 Å². The molecule has 1 N–H and O–H groups in total. The lowest BCUT2D eigenvalue weighted by atomic mass is 10.5. The summed E-state index contributed by atoms with van der Waals surface area (Å²) in [7, 11) is -2.44. The Balaban J connectivity index is 2.29. The maximum absolute atomic E-state index is 8.59. The molecule has 6 heteroatoms. The van der Waals surface area contributed by atoms with Gasteiger partial charge in [0.2, 0.25) is 0 Å². The molecule has 0 radical (unpaired) electrons. The average molecular weight is 224 g/mol. The third-order valence-electron chi connectivity index (χ3n) is 1.75. The maximum Gasteiger partial charge on any atom is 0.511 e. The molecule has 0 aromatic heterocycles. The van der Waals surface area contributed by atoms with Crippen LogP contribution in [-0.2, 0) is 13.3 Å². The minimum absolute atomic E-state index is 0.136. The third kappa shape index (κ3) is 3.57. The van der Waals surface area contributed by atoms with Crippen LogP contribution >= 0.6 is 12.6 Å². The van der Waals surface area contributed by atoms with Crippen LogP contribution in [0.4, 0.5) is 0 Å². The van der Waals surface area contributed by atoms with Crippen molar-refractivity contribution in [3.05, 3.63) is 0 Å². The summed E-state index contributed by atoms with van der Waals surface area (Å²) in [6.45, 7) is 2.03. The van der Waals surface area contributed by atoms with Crippen LogP contribution in [0.25, 0.3) is 0 Å². The van der Waals surface area contributed by atoms with Gasteiger partial charge in [-0.2, -0.15) is 12.6 Å². The SMILES string of the molecule is OCCCO[Si]1(CS)OCCCO1. The number of aliphatic hydroxyl groups excluding tert-OH is 1. The molecule has 1 rings (SSSR count). The first-order valence-corrected chi connectivity index (χ1v) is 7.03. The van der Waals surface area contributed by atoms with Crippen molar-refractivity contribution >= 4 is 21.4 Å². The molecule has 13 heavy (non-hydrogen) atoms. The Morgan fingerprint density at radius 3 is 2.62 bits per heavy atom. The van der Waals surface area contributed by atoms with Crippen molar-refractivity contribution in [3.63, 3.8) is 0 Å². The summed E-state index contributed by atoms with van der Waals surface area (Å²) in [5.41, 5.74) is 0. The minimum atomic E-state index is -2.44. The molecule has 0 aliphatic carbocycles. The van der Waals surface area contributed by atoms with E-state index in [2.05, 4.69) is 12.6 Å². The fraction of sp³-hybridized carbons (Fsp3) is 1.00. The van der Waals surface area contributed by atoms with E-state index in [1.54, 1.807) is 0 Å². The second-order valence-corrected chi connectivity index (χ2v) is 6.31. The number of hydrogen-bond donors (Lipinski definition) is 2. The van der Waals surface area contributed by atoms with Gasteiger partial charge in [-0.3, -0.25) is 0 Å². The number of thiol groups is 1. The van der Waals surface area contributed by atoms with Crippen molar-refractivity contribution < 1.29 is 18.4 Å². The summed E-state index contributed by atoms with van der Waals surface area (Å²) in [4.78, 5) is 0. The molecule has 0 amide bonds. The van der Waals surface area contributed by atoms with E-state index in [9.17, 15) is 0 Å². The summed E-state index contributed by atoms with van der Waals surface area (Å²) < 4.78 is 16.5. The molecule has 1 heterocycles. The Labute approximate surface area is 85.0 Å². The number of hydrogen-bond acceptors (Lipinski definition) is 5. The van der Waals surface area contributed by atoms with Gasteiger partial charge in [-0.15, -0.1) is 0 Å². The van der Waals surface area contributed by atoms with E-state index >= 15 is 0 Å². The molecular formula is C7H16O4SSi. The molecule has 1 fully saturated rings. The van der Waals surface area contributed by atoms with Gasteiger partial charge < -0.3 is 18.4 Å². The van der Waals surface area contributed by atoms with E-state index in [0.717, 1.165) is 6.42 Å². The second kappa shape index (κ2) is 6.00. The molecular weight excluding hydrogens is 208 g/mol. The van der Waals surface area contributed by atoms with Gasteiger partial charge in [0, 0.05) is 26.4 Å². The van der Waals surface area contributed by atoms with E-state index in [4.69, 9.17) is 18.4 Å². The van der Waals surface area contributed by atoms with Gasteiger partial charge in [-0.25, -0.2) is 0 Å². The lowest BCUT2D eigenvalue weighted by molar-refractivity contribution is 0.0243. The van der Waals surface area contributed by atoms with Gasteiger partial charge in [-0.05, 0) is 12.8 Å². The van der Waals surface area contributed by atoms with Crippen molar-refractivity contribution in [1.82, 2.24) is 0 Å². The van der Waals surface area contributed by atoms with Gasteiger partial charge >= 0.3 is 8.80 Å². The van der Waals surface area contributed by atoms with Gasteiger partial charge in [0.1, 0.15) is 0 Å². The van der Waals surface area contributed by atoms with Crippen molar-refractivity contribution in [2.75, 3.05) is 31.8 Å². The molecule has 1 aliphatic rings. The first kappa shape index (κ1) is 11.5. The molecule has 0 saturated carbocycles. The van der Waals surface area contributed by atoms with Crippen LogP contribution < -0.4 is 0 Å². The Bertz CT molecular complexity index is 140. The second-order valence-electron chi connectivity index (χ2n) is 2.82. The van der Waals surface area contributed by atoms with Gasteiger partial charge in [0.15, 0.2) is 0 Å². The van der Waals surface area contributed by atoms with Crippen molar-refractivity contribution in [2.24, 2.45) is 0 Å². The highest BCUT2D eigenvalue weighted by Crippen LogP contribution is 2.16. The van der Waals surface area contributed by atoms with Crippen LogP contribution in [-0.4, -0.2) is 45.7 Å². The molecule has 0 aromatic carbocycles. The fourth-order valence-electron chi connectivity index (χ4n) is 1.07. The quantitative estimate of drug-likeness (QED) is 0.399. The van der Waals surface area contributed by atoms with Crippen LogP contribution in [0, 0.1) is 0 Å². The standard InChI is InChI=1S/C7H16O4SSi/c8-3-1-4-9-13(7-12)10-5-2-6-11-13/h8,12H,1-7H2. The molecule has 0 atom stereocenters. The summed E-state index contributed by atoms with van der Waals surface area (Å²) in [5, 5.41) is 9.10. The van der Waals surface area contributed by atoms with Crippen LogP contribution in [0.2, 0.25) is 0 Å². The zero-order valence-corrected chi connectivity index (χ0v) is 9.46. The smallest absolute Gasteiger partial charge is 0.396 e. The lowest BCUT2D eigenvalue weighted by Crippen LogP contribution is -2.51. The van der Waals surface area contributed by atoms with E-state index in [0.29, 0.717) is 31.6 Å². The van der Waals surface area contributed by atoms with Crippen molar-refractivity contribution in [3.8, 4) is 0 Å². The molecule has 1 saturated heterocycles. The Morgan fingerprint density at radius 2 is 2.08 bits per heavy atom. The summed E-state index contributed by atoms with van der Waals surface area (Å²) in [6, 6.07) is 0. The lowest BCUT2D eigenvalue weighted by Gasteiger charge is -2.31. The average Bonchev–Trinajstić information content (AvgIpc) is 2.20. The first-order chi connectivity index (χ1) is 6.33. The van der Waals surface area contributed by atoms with E-state index in [1.165, 1.54) is 0 Å². The van der Waals surface area contributed by atoms with Crippen LogP contribution in [0.1, 0.15) is 12.8 Å². The van der Waals surface area contributed by atoms with E-state index in [-0.39, 0.29) is 6.61 Å². The monoisotopic (exact) mass is 224 g/mol. The molecule has 1 aliphatic heterocycles. The maximum atomic E-state index is 8.59. The van der Waals surface area contributed by atoms with Gasteiger partial charge in [0.05, 0.1) is 5.38 Å². The summed E-state index contributed by atoms with van der Waals surface area (Å²) in [5.74, 6) is 0. The highest BCUT2D eigenvalue weighted by atomic mass is 32.1. The third-order valence-corrected chi connectivity index (χ3v) is 5.23. The number of aliphatic hydroxyl groups is 1. The van der Waals surface area contributed by atoms with E-state index in [1.807, 2.05) is 0 Å². The molecule has 0 spiro atoms. The molecule has 4 nitrogen and oxygen atoms in total. The fourth-order valence-corrected chi connectivity index (χ4v) is 3.78. The zero-order valence-electron chi connectivity index (χ0n) is 7.57. The Morgan fingerprint density at radius 1 is 1.38 bits per heavy atom. The normalized spacial score (nSPS) is 21.7. The first-order valence-electron chi connectivity index (χ1n) is 4.46. The molecule has 0 bridgehead atoms. The Hall–Kier alpha value is 0.407. The molecule has 78 valence electrons. The predicted molar refractivity (Wildman–Crippen MR) is 53.8 cm³/mol. The largest absolute Gasteiger partial charge is 0.511 e. The summed E-state index contributed by atoms with van der Waals surface area (Å²) in [6.07, 6.45) is 1.54.